The second kappa shape index (κ2) is 16.2. The van der Waals surface area contributed by atoms with Crippen molar-refractivity contribution in [2.75, 3.05) is 44.7 Å². The van der Waals surface area contributed by atoms with Crippen LogP contribution in [0.25, 0.3) is 10.2 Å². The third-order valence-electron chi connectivity index (χ3n) is 9.24. The van der Waals surface area contributed by atoms with Gasteiger partial charge < -0.3 is 34.9 Å². The summed E-state index contributed by atoms with van der Waals surface area (Å²) < 4.78 is 47.4. The minimum Gasteiger partial charge on any atom is -0.443 e. The van der Waals surface area contributed by atoms with Crippen LogP contribution < -0.4 is 10.6 Å². The van der Waals surface area contributed by atoms with Crippen molar-refractivity contribution in [2.45, 2.75) is 69.1 Å². The number of anilines is 1. The maximum atomic E-state index is 14.2. The molecule has 1 amide bonds. The lowest BCUT2D eigenvalue weighted by Crippen LogP contribution is -2.51. The topological polar surface area (TPSA) is 143 Å². The number of carbonyl (C=O) groups excluding carboxylic acids is 1. The van der Waals surface area contributed by atoms with Crippen molar-refractivity contribution in [3.05, 3.63) is 78.5 Å². The third-order valence-corrected chi connectivity index (χ3v) is 12.0. The second-order valence-electron chi connectivity index (χ2n) is 13.3. The molecule has 14 heteroatoms. The third kappa shape index (κ3) is 8.67. The fraction of sp³-hybridized carbons (Fsp3) is 0.500. The summed E-state index contributed by atoms with van der Waals surface area (Å²) in [4.78, 5) is 20.2. The molecule has 6 unspecified atom stereocenters. The first kappa shape index (κ1) is 36.3. The minimum absolute atomic E-state index is 0.0271. The highest BCUT2D eigenvalue weighted by molar-refractivity contribution is 7.89. The molecule has 0 radical (unpaired) electrons. The standard InChI is InChI=1S/C36H47N5O7S2/c1-4-40-16-9-8-12-26(40)20-37-35-38-29-14-13-27(19-33(29)49-35)50(44,45)41(21-24(2)3)22-31(42)30(18-25-10-6-5-7-11-25)39-36(43)48-32-23-47-34-28(32)15-17-46-34/h5-14,16,19,24,26,28,30-32,34,42H,4,15,17-18,20-23H2,1-3H3,(H,37,38)(H,39,43). The van der Waals surface area contributed by atoms with E-state index in [4.69, 9.17) is 14.2 Å². The molecule has 2 aromatic carbocycles. The van der Waals surface area contributed by atoms with Gasteiger partial charge in [-0.25, -0.2) is 18.2 Å². The molecule has 0 spiro atoms. The molecular weight excluding hydrogens is 679 g/mol. The molecule has 270 valence electrons. The summed E-state index contributed by atoms with van der Waals surface area (Å²) in [6, 6.07) is 13.7. The van der Waals surface area contributed by atoms with E-state index in [1.807, 2.05) is 56.3 Å². The average Bonchev–Trinajstić information content (AvgIpc) is 3.84. The molecule has 3 N–H and O–H groups in total. The van der Waals surface area contributed by atoms with E-state index in [-0.39, 0.29) is 55.2 Å². The summed E-state index contributed by atoms with van der Waals surface area (Å²) in [6.45, 7) is 8.25. The highest BCUT2D eigenvalue weighted by Gasteiger charge is 2.44. The second-order valence-corrected chi connectivity index (χ2v) is 16.3. The molecule has 2 fully saturated rings. The Morgan fingerprint density at radius 2 is 1.98 bits per heavy atom. The number of thiazole rings is 1. The largest absolute Gasteiger partial charge is 0.443 e. The van der Waals surface area contributed by atoms with E-state index < -0.39 is 34.4 Å². The van der Waals surface area contributed by atoms with Crippen molar-refractivity contribution in [1.29, 1.82) is 0 Å². The van der Waals surface area contributed by atoms with E-state index in [1.165, 1.54) is 15.6 Å². The molecule has 3 aliphatic rings. The number of ether oxygens (including phenoxy) is 3. The number of likely N-dealkylation sites (N-methyl/N-ethyl adjacent to an activating group) is 1. The summed E-state index contributed by atoms with van der Waals surface area (Å²) in [6.07, 6.45) is 6.50. The van der Waals surface area contributed by atoms with Gasteiger partial charge in [0.05, 0.1) is 52.4 Å². The summed E-state index contributed by atoms with van der Waals surface area (Å²) in [5.74, 6) is -0.0636. The number of aliphatic hydroxyl groups excluding tert-OH is 1. The fourth-order valence-corrected chi connectivity index (χ4v) is 9.25. The van der Waals surface area contributed by atoms with Crippen LogP contribution >= 0.6 is 11.3 Å². The first-order valence-corrected chi connectivity index (χ1v) is 19.5. The first-order chi connectivity index (χ1) is 24.1. The van der Waals surface area contributed by atoms with E-state index in [2.05, 4.69) is 39.7 Å². The van der Waals surface area contributed by atoms with Crippen LogP contribution in [0.15, 0.2) is 77.9 Å². The smallest absolute Gasteiger partial charge is 0.407 e. The van der Waals surface area contributed by atoms with Gasteiger partial charge in [-0.2, -0.15) is 4.31 Å². The number of amides is 1. The van der Waals surface area contributed by atoms with E-state index in [0.29, 0.717) is 23.8 Å². The van der Waals surface area contributed by atoms with Gasteiger partial charge in [-0.3, -0.25) is 0 Å². The van der Waals surface area contributed by atoms with Crippen molar-refractivity contribution in [2.24, 2.45) is 11.8 Å². The van der Waals surface area contributed by atoms with Crippen LogP contribution in [0.5, 0.6) is 0 Å². The zero-order valence-electron chi connectivity index (χ0n) is 28.7. The Morgan fingerprint density at radius 3 is 2.76 bits per heavy atom. The number of aliphatic hydroxyl groups is 1. The van der Waals surface area contributed by atoms with Crippen molar-refractivity contribution >= 4 is 42.8 Å². The zero-order chi connectivity index (χ0) is 35.3. The van der Waals surface area contributed by atoms with Gasteiger partial charge in [0.2, 0.25) is 10.0 Å². The van der Waals surface area contributed by atoms with Crippen LogP contribution in [0.1, 0.15) is 32.8 Å². The van der Waals surface area contributed by atoms with Crippen molar-refractivity contribution in [3.63, 3.8) is 0 Å². The number of fused-ring (bicyclic) bond motifs is 2. The zero-order valence-corrected chi connectivity index (χ0v) is 30.3. The number of benzene rings is 2. The lowest BCUT2D eigenvalue weighted by Gasteiger charge is -2.31. The fourth-order valence-electron chi connectivity index (χ4n) is 6.62. The quantitative estimate of drug-likeness (QED) is 0.204. The Balaban J connectivity index is 1.17. The number of alkyl carbamates (subject to hydrolysis) is 1. The van der Waals surface area contributed by atoms with Gasteiger partial charge >= 0.3 is 6.09 Å². The van der Waals surface area contributed by atoms with Gasteiger partial charge in [-0.15, -0.1) is 0 Å². The highest BCUT2D eigenvalue weighted by atomic mass is 32.2. The van der Waals surface area contributed by atoms with Crippen molar-refractivity contribution in [3.8, 4) is 0 Å². The maximum Gasteiger partial charge on any atom is 0.407 e. The van der Waals surface area contributed by atoms with Crippen molar-refractivity contribution in [1.82, 2.24) is 19.5 Å². The molecule has 2 saturated heterocycles. The average molecular weight is 726 g/mol. The lowest BCUT2D eigenvalue weighted by atomic mass is 10.0. The van der Waals surface area contributed by atoms with Crippen LogP contribution in [0.4, 0.5) is 9.93 Å². The van der Waals surface area contributed by atoms with Crippen LogP contribution in [-0.4, -0.2) is 104 Å². The molecule has 3 aromatic rings. The van der Waals surface area contributed by atoms with Gasteiger partial charge in [0, 0.05) is 26.2 Å². The SMILES string of the molecule is CCN1C=CC=CC1CNc1nc2ccc(S(=O)(=O)N(CC(C)C)CC(O)C(Cc3ccccc3)NC(=O)OC3COC4OCCC34)cc2s1. The molecule has 6 atom stereocenters. The molecule has 3 aliphatic heterocycles. The molecule has 0 saturated carbocycles. The molecule has 0 bridgehead atoms. The summed E-state index contributed by atoms with van der Waals surface area (Å²) in [5.41, 5.74) is 1.58. The first-order valence-electron chi connectivity index (χ1n) is 17.3. The Hall–Kier alpha value is -3.53. The Morgan fingerprint density at radius 1 is 1.16 bits per heavy atom. The summed E-state index contributed by atoms with van der Waals surface area (Å²) in [5, 5.41) is 18.6. The van der Waals surface area contributed by atoms with E-state index in [1.54, 1.807) is 18.2 Å². The van der Waals surface area contributed by atoms with Crippen LogP contribution in [0.2, 0.25) is 0 Å². The molecular formula is C36H47N5O7S2. The number of nitrogens with one attached hydrogen (secondary N) is 2. The normalized spacial score (nSPS) is 23.0. The number of allylic oxidation sites excluding steroid dienone is 2. The van der Waals surface area contributed by atoms with Crippen LogP contribution in [0, 0.1) is 11.8 Å². The Labute approximate surface area is 298 Å². The lowest BCUT2D eigenvalue weighted by molar-refractivity contribution is -0.0907. The predicted octanol–water partition coefficient (Wildman–Crippen LogP) is 4.59. The predicted molar refractivity (Wildman–Crippen MR) is 193 cm³/mol. The van der Waals surface area contributed by atoms with Crippen LogP contribution in [-0.2, 0) is 30.7 Å². The molecule has 0 aliphatic carbocycles. The number of nitrogens with zero attached hydrogens (tertiary/aromatic N) is 3. The van der Waals surface area contributed by atoms with E-state index in [9.17, 15) is 18.3 Å². The molecule has 50 heavy (non-hydrogen) atoms. The van der Waals surface area contributed by atoms with Crippen LogP contribution in [0.3, 0.4) is 0 Å². The van der Waals surface area contributed by atoms with Crippen molar-refractivity contribution < 1.29 is 32.5 Å². The van der Waals surface area contributed by atoms with Gasteiger partial charge in [-0.05, 0) is 61.7 Å². The number of rotatable bonds is 15. The van der Waals surface area contributed by atoms with Gasteiger partial charge in [0.15, 0.2) is 11.4 Å². The van der Waals surface area contributed by atoms with E-state index in [0.717, 1.165) is 23.2 Å². The maximum absolute atomic E-state index is 14.2. The molecule has 4 heterocycles. The molecule has 12 nitrogen and oxygen atoms in total. The summed E-state index contributed by atoms with van der Waals surface area (Å²) in [7, 11) is -4.04. The number of aromatic nitrogens is 1. The monoisotopic (exact) mass is 725 g/mol. The number of sulfonamides is 1. The Kier molecular flexibility index (Phi) is 11.8. The summed E-state index contributed by atoms with van der Waals surface area (Å²) >= 11 is 1.40. The van der Waals surface area contributed by atoms with Gasteiger partial charge in [0.25, 0.3) is 0 Å². The number of carbonyl (C=O) groups is 1. The molecule has 6 rings (SSSR count). The highest BCUT2D eigenvalue weighted by Crippen LogP contribution is 2.33. The minimum atomic E-state index is -4.04. The van der Waals surface area contributed by atoms with Gasteiger partial charge in [0.1, 0.15) is 6.10 Å². The number of hydrogen-bond donors (Lipinski definition) is 3. The molecule has 1 aromatic heterocycles. The van der Waals surface area contributed by atoms with Gasteiger partial charge in [-0.1, -0.05) is 67.7 Å². The van der Waals surface area contributed by atoms with E-state index >= 15 is 0 Å². The Bertz CT molecular complexity index is 1770. The number of hydrogen-bond acceptors (Lipinski definition) is 11.